The third kappa shape index (κ3) is 1.11. The van der Waals surface area contributed by atoms with Gasteiger partial charge in [-0.2, -0.15) is 0 Å². The van der Waals surface area contributed by atoms with Crippen LogP contribution in [0.5, 0.6) is 0 Å². The van der Waals surface area contributed by atoms with Crippen LogP contribution < -0.4 is 5.32 Å². The van der Waals surface area contributed by atoms with Crippen LogP contribution >= 0.6 is 0 Å². The van der Waals surface area contributed by atoms with E-state index in [1.54, 1.807) is 11.1 Å². The fourth-order valence-electron chi connectivity index (χ4n) is 2.72. The summed E-state index contributed by atoms with van der Waals surface area (Å²) >= 11 is 0. The summed E-state index contributed by atoms with van der Waals surface area (Å²) in [7, 11) is 0. The lowest BCUT2D eigenvalue weighted by molar-refractivity contribution is 0.514. The highest BCUT2D eigenvalue weighted by Gasteiger charge is 2.28. The van der Waals surface area contributed by atoms with E-state index in [9.17, 15) is 0 Å². The maximum absolute atomic E-state index is 3.49. The predicted octanol–water partition coefficient (Wildman–Crippen LogP) is 2.18. The Balaban J connectivity index is 1.97. The molecule has 0 spiro atoms. The zero-order valence-corrected chi connectivity index (χ0v) is 7.84. The molecule has 0 aromatic heterocycles. The highest BCUT2D eigenvalue weighted by molar-refractivity contribution is 5.50. The minimum absolute atomic E-state index is 0.758. The first-order valence-corrected chi connectivity index (χ1v) is 5.26. The fourth-order valence-corrected chi connectivity index (χ4v) is 2.72. The fraction of sp³-hybridized carbons (Fsp3) is 0.500. The van der Waals surface area contributed by atoms with Crippen molar-refractivity contribution in [3.8, 4) is 0 Å². The molecule has 0 radical (unpaired) electrons. The van der Waals surface area contributed by atoms with E-state index >= 15 is 0 Å². The van der Waals surface area contributed by atoms with Gasteiger partial charge in [-0.1, -0.05) is 29.4 Å². The summed E-state index contributed by atoms with van der Waals surface area (Å²) in [5.41, 5.74) is 4.90. The number of nitrogens with one attached hydrogen (secondary N) is 1. The van der Waals surface area contributed by atoms with Gasteiger partial charge in [0.1, 0.15) is 0 Å². The molecule has 1 fully saturated rings. The molecular weight excluding hydrogens is 158 g/mol. The van der Waals surface area contributed by atoms with Crippen LogP contribution in [0.3, 0.4) is 0 Å². The first-order valence-electron chi connectivity index (χ1n) is 5.26. The van der Waals surface area contributed by atoms with Crippen molar-refractivity contribution >= 4 is 0 Å². The molecule has 0 aromatic rings. The third-order valence-electron chi connectivity index (χ3n) is 3.40. The van der Waals surface area contributed by atoms with Gasteiger partial charge >= 0.3 is 0 Å². The molecule has 13 heavy (non-hydrogen) atoms. The van der Waals surface area contributed by atoms with Crippen molar-refractivity contribution in [3.63, 3.8) is 0 Å². The summed E-state index contributed by atoms with van der Waals surface area (Å²) in [6, 6.07) is 0. The van der Waals surface area contributed by atoms with Crippen LogP contribution in [0.4, 0.5) is 0 Å². The topological polar surface area (TPSA) is 12.0 Å². The second-order valence-electron chi connectivity index (χ2n) is 4.15. The van der Waals surface area contributed by atoms with Crippen molar-refractivity contribution in [3.05, 3.63) is 34.9 Å². The summed E-state index contributed by atoms with van der Waals surface area (Å²) in [4.78, 5) is 0. The molecule has 1 heteroatoms. The molecule has 1 nitrogen and oxygen atoms in total. The van der Waals surface area contributed by atoms with Gasteiger partial charge in [-0.25, -0.2) is 0 Å². The maximum atomic E-state index is 3.49. The SMILES string of the molecule is C1=CC2=C(CC1)C1CNCCC1=C2. The van der Waals surface area contributed by atoms with Gasteiger partial charge in [0.05, 0.1) is 0 Å². The van der Waals surface area contributed by atoms with Gasteiger partial charge in [0.2, 0.25) is 0 Å². The summed E-state index contributed by atoms with van der Waals surface area (Å²) in [6.45, 7) is 2.35. The molecule has 68 valence electrons. The zero-order chi connectivity index (χ0) is 8.67. The van der Waals surface area contributed by atoms with Crippen molar-refractivity contribution in [1.29, 1.82) is 0 Å². The Kier molecular flexibility index (Phi) is 1.66. The molecule has 1 N–H and O–H groups in total. The average molecular weight is 173 g/mol. The normalized spacial score (nSPS) is 31.4. The molecular formula is C12H15N. The van der Waals surface area contributed by atoms with Gasteiger partial charge in [0.25, 0.3) is 0 Å². The van der Waals surface area contributed by atoms with Crippen molar-refractivity contribution in [2.45, 2.75) is 19.3 Å². The number of rotatable bonds is 0. The number of hydrogen-bond acceptors (Lipinski definition) is 1. The quantitative estimate of drug-likeness (QED) is 0.592. The van der Waals surface area contributed by atoms with Gasteiger partial charge < -0.3 is 5.32 Å². The van der Waals surface area contributed by atoms with E-state index in [0.29, 0.717) is 0 Å². The Morgan fingerprint density at radius 2 is 2.31 bits per heavy atom. The molecule has 1 saturated heterocycles. The van der Waals surface area contributed by atoms with E-state index in [-0.39, 0.29) is 0 Å². The van der Waals surface area contributed by atoms with Crippen LogP contribution in [0.25, 0.3) is 0 Å². The van der Waals surface area contributed by atoms with E-state index in [1.165, 1.54) is 37.9 Å². The molecule has 0 saturated carbocycles. The first kappa shape index (κ1) is 7.57. The van der Waals surface area contributed by atoms with Crippen LogP contribution in [0.1, 0.15) is 19.3 Å². The molecule has 1 heterocycles. The Hall–Kier alpha value is -0.820. The van der Waals surface area contributed by atoms with Gasteiger partial charge in [-0.3, -0.25) is 0 Å². The molecule has 1 atom stereocenters. The predicted molar refractivity (Wildman–Crippen MR) is 54.5 cm³/mol. The lowest BCUT2D eigenvalue weighted by Gasteiger charge is -2.25. The Labute approximate surface area is 79.2 Å². The van der Waals surface area contributed by atoms with Crippen LogP contribution in [-0.2, 0) is 0 Å². The van der Waals surface area contributed by atoms with E-state index < -0.39 is 0 Å². The van der Waals surface area contributed by atoms with Crippen molar-refractivity contribution < 1.29 is 0 Å². The number of hydrogen-bond donors (Lipinski definition) is 1. The number of piperidine rings is 1. The van der Waals surface area contributed by atoms with Gasteiger partial charge in [-0.05, 0) is 31.4 Å². The lowest BCUT2D eigenvalue weighted by Crippen LogP contribution is -2.31. The van der Waals surface area contributed by atoms with Gasteiger partial charge in [0.15, 0.2) is 0 Å². The summed E-state index contributed by atoms with van der Waals surface area (Å²) < 4.78 is 0. The minimum atomic E-state index is 0.758. The second kappa shape index (κ2) is 2.85. The summed E-state index contributed by atoms with van der Waals surface area (Å²) in [5, 5.41) is 3.49. The van der Waals surface area contributed by atoms with Gasteiger partial charge in [-0.15, -0.1) is 0 Å². The standard InChI is InChI=1S/C12H15N/c1-2-4-11-9(3-1)7-10-5-6-13-8-12(10)11/h1,3,7,12-13H,2,4-6,8H2. The molecule has 3 aliphatic rings. The molecule has 1 aliphatic heterocycles. The maximum Gasteiger partial charge on any atom is 0.0145 e. The van der Waals surface area contributed by atoms with Crippen molar-refractivity contribution in [2.24, 2.45) is 5.92 Å². The molecule has 0 aromatic carbocycles. The highest BCUT2D eigenvalue weighted by atomic mass is 14.9. The zero-order valence-electron chi connectivity index (χ0n) is 7.84. The van der Waals surface area contributed by atoms with Crippen LogP contribution in [0, 0.1) is 5.92 Å². The average Bonchev–Trinajstić information content (AvgIpc) is 2.56. The lowest BCUT2D eigenvalue weighted by atomic mass is 9.87. The van der Waals surface area contributed by atoms with Crippen molar-refractivity contribution in [2.75, 3.05) is 13.1 Å². The number of fused-ring (bicyclic) bond motifs is 2. The largest absolute Gasteiger partial charge is 0.315 e. The second-order valence-corrected chi connectivity index (χ2v) is 4.15. The smallest absolute Gasteiger partial charge is 0.0145 e. The molecule has 3 rings (SSSR count). The van der Waals surface area contributed by atoms with Crippen LogP contribution in [-0.4, -0.2) is 13.1 Å². The molecule has 0 amide bonds. The summed E-state index contributed by atoms with van der Waals surface area (Å²) in [6.07, 6.45) is 10.8. The first-order chi connectivity index (χ1) is 6.45. The minimum Gasteiger partial charge on any atom is -0.315 e. The van der Waals surface area contributed by atoms with Crippen LogP contribution in [0.2, 0.25) is 0 Å². The van der Waals surface area contributed by atoms with Gasteiger partial charge in [0, 0.05) is 12.5 Å². The third-order valence-corrected chi connectivity index (χ3v) is 3.40. The molecule has 1 unspecified atom stereocenters. The monoisotopic (exact) mass is 173 g/mol. The Bertz CT molecular complexity index is 320. The van der Waals surface area contributed by atoms with E-state index in [1.807, 2.05) is 0 Å². The molecule has 0 bridgehead atoms. The Morgan fingerprint density at radius 1 is 1.31 bits per heavy atom. The molecule has 2 aliphatic carbocycles. The van der Waals surface area contributed by atoms with E-state index in [4.69, 9.17) is 0 Å². The van der Waals surface area contributed by atoms with E-state index in [2.05, 4.69) is 23.5 Å². The van der Waals surface area contributed by atoms with Crippen LogP contribution in [0.15, 0.2) is 34.9 Å². The van der Waals surface area contributed by atoms with E-state index in [0.717, 1.165) is 5.92 Å². The highest BCUT2D eigenvalue weighted by Crippen LogP contribution is 2.39. The summed E-state index contributed by atoms with van der Waals surface area (Å²) in [5.74, 6) is 0.758. The van der Waals surface area contributed by atoms with Crippen molar-refractivity contribution in [1.82, 2.24) is 5.32 Å². The number of allylic oxidation sites excluding steroid dienone is 4. The Morgan fingerprint density at radius 3 is 3.31 bits per heavy atom.